The molecule has 25 heavy (non-hydrogen) atoms. The number of hydrogen-bond donors (Lipinski definition) is 2. The number of carbonyl (C=O) groups is 4. The van der Waals surface area contributed by atoms with Gasteiger partial charge in [0.05, 0.1) is 6.54 Å². The molecule has 7 heteroatoms. The van der Waals surface area contributed by atoms with Crippen molar-refractivity contribution in [1.82, 2.24) is 15.5 Å². The molecular weight excluding hydrogens is 322 g/mol. The molecule has 0 radical (unpaired) electrons. The Hall–Kier alpha value is -2.70. The molecular formula is C18H23N3O4. The largest absolute Gasteiger partial charge is 0.348 e. The third-order valence-corrected chi connectivity index (χ3v) is 4.22. The van der Waals surface area contributed by atoms with Crippen LogP contribution in [0.5, 0.6) is 0 Å². The summed E-state index contributed by atoms with van der Waals surface area (Å²) in [5.74, 6) is -1.07. The van der Waals surface area contributed by atoms with Gasteiger partial charge in [0.15, 0.2) is 0 Å². The summed E-state index contributed by atoms with van der Waals surface area (Å²) in [7, 11) is 0. The minimum Gasteiger partial charge on any atom is -0.348 e. The zero-order valence-corrected chi connectivity index (χ0v) is 14.4. The lowest BCUT2D eigenvalue weighted by Gasteiger charge is -2.42. The van der Waals surface area contributed by atoms with Gasteiger partial charge in [-0.15, -0.1) is 0 Å². The summed E-state index contributed by atoms with van der Waals surface area (Å²) >= 11 is 0. The van der Waals surface area contributed by atoms with Gasteiger partial charge in [-0.25, -0.2) is 0 Å². The lowest BCUT2D eigenvalue weighted by atomic mass is 9.96. The van der Waals surface area contributed by atoms with E-state index in [4.69, 9.17) is 0 Å². The van der Waals surface area contributed by atoms with Crippen LogP contribution in [0, 0.1) is 5.92 Å². The molecule has 0 aliphatic carbocycles. The van der Waals surface area contributed by atoms with Gasteiger partial charge in [0.25, 0.3) is 5.91 Å². The molecule has 1 aliphatic rings. The molecule has 7 nitrogen and oxygen atoms in total. The van der Waals surface area contributed by atoms with E-state index in [9.17, 15) is 19.2 Å². The van der Waals surface area contributed by atoms with E-state index < -0.39 is 12.1 Å². The van der Waals surface area contributed by atoms with Gasteiger partial charge in [-0.3, -0.25) is 14.4 Å². The molecule has 0 saturated carbocycles. The molecule has 2 unspecified atom stereocenters. The van der Waals surface area contributed by atoms with Gasteiger partial charge >= 0.3 is 0 Å². The first-order valence-corrected chi connectivity index (χ1v) is 8.33. The highest BCUT2D eigenvalue weighted by Crippen LogP contribution is 2.21. The Morgan fingerprint density at radius 2 is 1.92 bits per heavy atom. The van der Waals surface area contributed by atoms with Crippen molar-refractivity contribution in [3.63, 3.8) is 0 Å². The summed E-state index contributed by atoms with van der Waals surface area (Å²) in [5.41, 5.74) is 0.477. The second kappa shape index (κ2) is 8.41. The average molecular weight is 345 g/mol. The van der Waals surface area contributed by atoms with E-state index in [1.807, 2.05) is 19.9 Å². The van der Waals surface area contributed by atoms with Crippen LogP contribution in [-0.4, -0.2) is 54.1 Å². The normalized spacial score (nSPS) is 17.4. The summed E-state index contributed by atoms with van der Waals surface area (Å²) < 4.78 is 0. The summed E-state index contributed by atoms with van der Waals surface area (Å²) in [5, 5.41) is 5.23. The maximum atomic E-state index is 12.8. The smallest absolute Gasteiger partial charge is 0.251 e. The molecule has 1 aromatic rings. The lowest BCUT2D eigenvalue weighted by Crippen LogP contribution is -2.63. The summed E-state index contributed by atoms with van der Waals surface area (Å²) in [6.45, 7) is 4.07. The Kier molecular flexibility index (Phi) is 6.27. The van der Waals surface area contributed by atoms with Crippen LogP contribution < -0.4 is 10.6 Å². The quantitative estimate of drug-likeness (QED) is 0.698. The predicted octanol–water partition coefficient (Wildman–Crippen LogP) is 0.357. The van der Waals surface area contributed by atoms with Crippen LogP contribution >= 0.6 is 0 Å². The van der Waals surface area contributed by atoms with E-state index in [1.54, 1.807) is 24.3 Å². The average Bonchev–Trinajstić information content (AvgIpc) is 2.56. The topological polar surface area (TPSA) is 95.6 Å². The fraction of sp³-hybridized carbons (Fsp3) is 0.444. The standard InChI is InChI=1S/C18H23N3O4/c1-12(2)15(20-16(23)13-6-4-3-5-7-13)18(25)21-10-8-14(21)17(24)19-9-11-22/h3-7,11-12,14-15H,8-10H2,1-2H3,(H,19,24)(H,20,23). The number of nitrogens with one attached hydrogen (secondary N) is 2. The Morgan fingerprint density at radius 1 is 1.24 bits per heavy atom. The number of amides is 3. The van der Waals surface area contributed by atoms with E-state index in [1.165, 1.54) is 4.90 Å². The summed E-state index contributed by atoms with van der Waals surface area (Å²) in [6, 6.07) is 7.38. The highest BCUT2D eigenvalue weighted by atomic mass is 16.2. The predicted molar refractivity (Wildman–Crippen MR) is 91.7 cm³/mol. The zero-order chi connectivity index (χ0) is 18.4. The van der Waals surface area contributed by atoms with E-state index in [0.717, 1.165) is 0 Å². The SMILES string of the molecule is CC(C)C(NC(=O)c1ccccc1)C(=O)N1CCC1C(=O)NCC=O. The van der Waals surface area contributed by atoms with Gasteiger partial charge in [-0.1, -0.05) is 32.0 Å². The molecule has 1 aliphatic heterocycles. The number of carbonyl (C=O) groups excluding carboxylic acids is 4. The van der Waals surface area contributed by atoms with Crippen LogP contribution in [0.4, 0.5) is 0 Å². The second-order valence-electron chi connectivity index (χ2n) is 6.31. The molecule has 2 rings (SSSR count). The van der Waals surface area contributed by atoms with Crippen LogP contribution in [0.25, 0.3) is 0 Å². The molecule has 134 valence electrons. The van der Waals surface area contributed by atoms with Crippen LogP contribution in [0.15, 0.2) is 30.3 Å². The summed E-state index contributed by atoms with van der Waals surface area (Å²) in [6.07, 6.45) is 1.15. The zero-order valence-electron chi connectivity index (χ0n) is 14.4. The molecule has 0 bridgehead atoms. The molecule has 1 heterocycles. The fourth-order valence-corrected chi connectivity index (χ4v) is 2.69. The lowest BCUT2D eigenvalue weighted by molar-refractivity contribution is -0.149. The van der Waals surface area contributed by atoms with Crippen molar-refractivity contribution in [2.45, 2.75) is 32.4 Å². The van der Waals surface area contributed by atoms with Gasteiger partial charge in [0.1, 0.15) is 18.4 Å². The van der Waals surface area contributed by atoms with Crippen molar-refractivity contribution in [1.29, 1.82) is 0 Å². The van der Waals surface area contributed by atoms with Gasteiger partial charge in [-0.05, 0) is 24.5 Å². The minimum atomic E-state index is -0.714. The third kappa shape index (κ3) is 4.43. The molecule has 2 N–H and O–H groups in total. The molecule has 1 fully saturated rings. The monoisotopic (exact) mass is 345 g/mol. The molecule has 1 aromatic carbocycles. The number of benzene rings is 1. The number of likely N-dealkylation sites (tertiary alicyclic amines) is 1. The number of nitrogens with zero attached hydrogens (tertiary/aromatic N) is 1. The van der Waals surface area contributed by atoms with Gasteiger partial charge < -0.3 is 20.3 Å². The van der Waals surface area contributed by atoms with Crippen LogP contribution in [0.2, 0.25) is 0 Å². The molecule has 2 atom stereocenters. The van der Waals surface area contributed by atoms with Gasteiger partial charge in [0, 0.05) is 12.1 Å². The molecule has 0 aromatic heterocycles. The van der Waals surface area contributed by atoms with Crippen molar-refractivity contribution in [2.24, 2.45) is 5.92 Å². The second-order valence-corrected chi connectivity index (χ2v) is 6.31. The maximum Gasteiger partial charge on any atom is 0.251 e. The van der Waals surface area contributed by atoms with Crippen molar-refractivity contribution >= 4 is 24.0 Å². The van der Waals surface area contributed by atoms with Crippen molar-refractivity contribution < 1.29 is 19.2 Å². The van der Waals surface area contributed by atoms with Gasteiger partial charge in [0.2, 0.25) is 11.8 Å². The van der Waals surface area contributed by atoms with Crippen LogP contribution in [0.1, 0.15) is 30.6 Å². The van der Waals surface area contributed by atoms with Crippen molar-refractivity contribution in [3.05, 3.63) is 35.9 Å². The van der Waals surface area contributed by atoms with Crippen LogP contribution in [0.3, 0.4) is 0 Å². The fourth-order valence-electron chi connectivity index (χ4n) is 2.69. The highest BCUT2D eigenvalue weighted by Gasteiger charge is 2.41. The number of hydrogen-bond acceptors (Lipinski definition) is 4. The Morgan fingerprint density at radius 3 is 2.44 bits per heavy atom. The van der Waals surface area contributed by atoms with Crippen LogP contribution in [-0.2, 0) is 14.4 Å². The van der Waals surface area contributed by atoms with Crippen molar-refractivity contribution in [3.8, 4) is 0 Å². The number of aldehydes is 1. The molecule has 0 spiro atoms. The molecule has 1 saturated heterocycles. The first-order valence-electron chi connectivity index (χ1n) is 8.33. The third-order valence-electron chi connectivity index (χ3n) is 4.22. The number of rotatable bonds is 7. The van der Waals surface area contributed by atoms with Gasteiger partial charge in [-0.2, -0.15) is 0 Å². The minimum absolute atomic E-state index is 0.0737. The Labute approximate surface area is 146 Å². The Balaban J connectivity index is 2.04. The van der Waals surface area contributed by atoms with Crippen molar-refractivity contribution in [2.75, 3.05) is 13.1 Å². The first-order chi connectivity index (χ1) is 12.0. The van der Waals surface area contributed by atoms with E-state index in [2.05, 4.69) is 10.6 Å². The van der Waals surface area contributed by atoms with E-state index in [0.29, 0.717) is 24.8 Å². The summed E-state index contributed by atoms with van der Waals surface area (Å²) in [4.78, 5) is 48.9. The molecule has 3 amide bonds. The Bertz CT molecular complexity index is 645. The first kappa shape index (κ1) is 18.6. The van der Waals surface area contributed by atoms with E-state index >= 15 is 0 Å². The highest BCUT2D eigenvalue weighted by molar-refractivity contribution is 5.99. The maximum absolute atomic E-state index is 12.8. The van der Waals surface area contributed by atoms with E-state index in [-0.39, 0.29) is 30.2 Å².